The van der Waals surface area contributed by atoms with Crippen molar-refractivity contribution in [3.05, 3.63) is 34.1 Å². The largest absolute Gasteiger partial charge is 0.373 e. The molecule has 0 heterocycles. The lowest BCUT2D eigenvalue weighted by Gasteiger charge is -2.17. The summed E-state index contributed by atoms with van der Waals surface area (Å²) in [6, 6.07) is 4.59. The van der Waals surface area contributed by atoms with E-state index in [1.54, 1.807) is 12.1 Å². The van der Waals surface area contributed by atoms with Crippen LogP contribution in [0.3, 0.4) is 0 Å². The molecule has 0 spiro atoms. The molecule has 0 amide bonds. The van der Waals surface area contributed by atoms with Gasteiger partial charge in [0.1, 0.15) is 11.9 Å². The van der Waals surface area contributed by atoms with Gasteiger partial charge in [-0.1, -0.05) is 19.9 Å². The molecule has 17 heavy (non-hydrogen) atoms. The standard InChI is InChI=1S/C13H16BrFO2/c1-8(2)13(17-3)12(16)7-9-4-5-11(15)10(14)6-9/h4-6,8,13H,7H2,1-3H3. The van der Waals surface area contributed by atoms with Crippen molar-refractivity contribution in [3.8, 4) is 0 Å². The molecule has 1 aromatic rings. The van der Waals surface area contributed by atoms with Crippen LogP contribution in [0.25, 0.3) is 0 Å². The first-order valence-electron chi connectivity index (χ1n) is 5.45. The zero-order valence-corrected chi connectivity index (χ0v) is 11.8. The summed E-state index contributed by atoms with van der Waals surface area (Å²) in [7, 11) is 1.53. The first kappa shape index (κ1) is 14.3. The van der Waals surface area contributed by atoms with Crippen molar-refractivity contribution < 1.29 is 13.9 Å². The Morgan fingerprint density at radius 1 is 1.47 bits per heavy atom. The number of benzene rings is 1. The molecule has 1 aromatic carbocycles. The Hall–Kier alpha value is -0.740. The molecule has 1 unspecified atom stereocenters. The normalized spacial score (nSPS) is 12.8. The van der Waals surface area contributed by atoms with Crippen LogP contribution < -0.4 is 0 Å². The highest BCUT2D eigenvalue weighted by Crippen LogP contribution is 2.18. The van der Waals surface area contributed by atoms with Crippen LogP contribution >= 0.6 is 15.9 Å². The molecular formula is C13H16BrFO2. The summed E-state index contributed by atoms with van der Waals surface area (Å²) >= 11 is 3.10. The van der Waals surface area contributed by atoms with Gasteiger partial charge in [0, 0.05) is 13.5 Å². The molecule has 0 saturated heterocycles. The second-order valence-corrected chi connectivity index (χ2v) is 5.15. The van der Waals surface area contributed by atoms with E-state index in [0.29, 0.717) is 4.47 Å². The average Bonchev–Trinajstić information content (AvgIpc) is 2.24. The molecule has 0 fully saturated rings. The number of carbonyl (C=O) groups excluding carboxylic acids is 1. The molecule has 94 valence electrons. The maximum absolute atomic E-state index is 13.0. The number of ether oxygens (including phenoxy) is 1. The molecule has 0 aromatic heterocycles. The van der Waals surface area contributed by atoms with E-state index in [1.165, 1.54) is 13.2 Å². The lowest BCUT2D eigenvalue weighted by molar-refractivity contribution is -0.130. The third-order valence-corrected chi connectivity index (χ3v) is 3.15. The third kappa shape index (κ3) is 3.89. The maximum atomic E-state index is 13.0. The Bertz CT molecular complexity index is 404. The Morgan fingerprint density at radius 3 is 2.59 bits per heavy atom. The molecule has 0 radical (unpaired) electrons. The van der Waals surface area contributed by atoms with Crippen molar-refractivity contribution in [1.29, 1.82) is 0 Å². The summed E-state index contributed by atoms with van der Waals surface area (Å²) in [5.74, 6) is -0.175. The fourth-order valence-corrected chi connectivity index (χ4v) is 2.15. The van der Waals surface area contributed by atoms with E-state index in [9.17, 15) is 9.18 Å². The van der Waals surface area contributed by atoms with Crippen LogP contribution in [0.4, 0.5) is 4.39 Å². The van der Waals surface area contributed by atoms with Gasteiger partial charge in [0.25, 0.3) is 0 Å². The zero-order valence-electron chi connectivity index (χ0n) is 10.2. The van der Waals surface area contributed by atoms with E-state index in [0.717, 1.165) is 5.56 Å². The van der Waals surface area contributed by atoms with Gasteiger partial charge < -0.3 is 4.74 Å². The molecule has 4 heteroatoms. The number of ketones is 1. The van der Waals surface area contributed by atoms with Gasteiger partial charge in [0.15, 0.2) is 5.78 Å². The second kappa shape index (κ2) is 6.26. The van der Waals surface area contributed by atoms with Gasteiger partial charge in [-0.3, -0.25) is 4.79 Å². The Kier molecular flexibility index (Phi) is 5.28. The molecule has 2 nitrogen and oxygen atoms in total. The van der Waals surface area contributed by atoms with Gasteiger partial charge in [0.2, 0.25) is 0 Å². The summed E-state index contributed by atoms with van der Waals surface area (Å²) in [4.78, 5) is 11.9. The van der Waals surface area contributed by atoms with Crippen molar-refractivity contribution in [3.63, 3.8) is 0 Å². The lowest BCUT2D eigenvalue weighted by atomic mass is 9.98. The highest BCUT2D eigenvalue weighted by atomic mass is 79.9. The van der Waals surface area contributed by atoms with Crippen molar-refractivity contribution in [2.75, 3.05) is 7.11 Å². The molecule has 0 bridgehead atoms. The first-order valence-corrected chi connectivity index (χ1v) is 6.24. The molecule has 0 aliphatic carbocycles. The number of halogens is 2. The minimum absolute atomic E-state index is 0.0148. The average molecular weight is 303 g/mol. The van der Waals surface area contributed by atoms with Crippen molar-refractivity contribution in [1.82, 2.24) is 0 Å². The molecule has 0 aliphatic heterocycles. The SMILES string of the molecule is COC(C(=O)Cc1ccc(F)c(Br)c1)C(C)C. The number of hydrogen-bond acceptors (Lipinski definition) is 2. The maximum Gasteiger partial charge on any atom is 0.166 e. The molecule has 0 saturated carbocycles. The van der Waals surface area contributed by atoms with Crippen molar-refractivity contribution in [2.45, 2.75) is 26.4 Å². The van der Waals surface area contributed by atoms with Gasteiger partial charge in [-0.15, -0.1) is 0 Å². The Balaban J connectivity index is 2.77. The van der Waals surface area contributed by atoms with E-state index in [2.05, 4.69) is 15.9 Å². The highest BCUT2D eigenvalue weighted by Gasteiger charge is 2.21. The van der Waals surface area contributed by atoms with Crippen LogP contribution in [0, 0.1) is 11.7 Å². The van der Waals surface area contributed by atoms with Gasteiger partial charge in [-0.25, -0.2) is 4.39 Å². The summed E-state index contributed by atoms with van der Waals surface area (Å²) in [5.41, 5.74) is 0.783. The molecule has 0 N–H and O–H groups in total. The van der Waals surface area contributed by atoms with E-state index in [1.807, 2.05) is 13.8 Å². The van der Waals surface area contributed by atoms with Crippen molar-refractivity contribution >= 4 is 21.7 Å². The van der Waals surface area contributed by atoms with E-state index in [4.69, 9.17) is 4.74 Å². The van der Waals surface area contributed by atoms with E-state index >= 15 is 0 Å². The smallest absolute Gasteiger partial charge is 0.166 e. The van der Waals surface area contributed by atoms with Gasteiger partial charge in [-0.05, 0) is 39.5 Å². The molecule has 0 aliphatic rings. The fourth-order valence-electron chi connectivity index (χ4n) is 1.73. The van der Waals surface area contributed by atoms with Crippen molar-refractivity contribution in [2.24, 2.45) is 5.92 Å². The second-order valence-electron chi connectivity index (χ2n) is 4.29. The van der Waals surface area contributed by atoms with Crippen LogP contribution in [-0.2, 0) is 16.0 Å². The fraction of sp³-hybridized carbons (Fsp3) is 0.462. The Labute approximate surface area is 109 Å². The number of hydrogen-bond donors (Lipinski definition) is 0. The van der Waals surface area contributed by atoms with Crippen LogP contribution in [-0.4, -0.2) is 19.0 Å². The third-order valence-electron chi connectivity index (χ3n) is 2.54. The number of carbonyl (C=O) groups is 1. The van der Waals surface area contributed by atoms with Crippen LogP contribution in [0.5, 0.6) is 0 Å². The minimum atomic E-state index is -0.404. The van der Waals surface area contributed by atoms with Gasteiger partial charge in [0.05, 0.1) is 4.47 Å². The zero-order chi connectivity index (χ0) is 13.0. The van der Waals surface area contributed by atoms with Crippen LogP contribution in [0.2, 0.25) is 0 Å². The van der Waals surface area contributed by atoms with Gasteiger partial charge in [-0.2, -0.15) is 0 Å². The molecule has 1 atom stereocenters. The summed E-state index contributed by atoms with van der Waals surface area (Å²) in [6.07, 6.45) is -0.144. The number of methoxy groups -OCH3 is 1. The Morgan fingerprint density at radius 2 is 2.12 bits per heavy atom. The highest BCUT2D eigenvalue weighted by molar-refractivity contribution is 9.10. The summed E-state index contributed by atoms with van der Waals surface area (Å²) in [5, 5.41) is 0. The first-order chi connectivity index (χ1) is 7.95. The number of Topliss-reactive ketones (excluding diaryl/α,β-unsaturated/α-hetero) is 1. The van der Waals surface area contributed by atoms with Gasteiger partial charge >= 0.3 is 0 Å². The van der Waals surface area contributed by atoms with Crippen LogP contribution in [0.15, 0.2) is 22.7 Å². The predicted octanol–water partition coefficient (Wildman–Crippen LogP) is 3.37. The molecular weight excluding hydrogens is 287 g/mol. The lowest BCUT2D eigenvalue weighted by Crippen LogP contribution is -2.29. The topological polar surface area (TPSA) is 26.3 Å². The summed E-state index contributed by atoms with van der Waals surface area (Å²) in [6.45, 7) is 3.87. The quantitative estimate of drug-likeness (QED) is 0.833. The monoisotopic (exact) mass is 302 g/mol. The minimum Gasteiger partial charge on any atom is -0.373 e. The van der Waals surface area contributed by atoms with Crippen LogP contribution in [0.1, 0.15) is 19.4 Å². The van der Waals surface area contributed by atoms with E-state index in [-0.39, 0.29) is 23.9 Å². The number of rotatable bonds is 5. The molecule has 1 rings (SSSR count). The van der Waals surface area contributed by atoms with E-state index < -0.39 is 6.10 Å². The summed E-state index contributed by atoms with van der Waals surface area (Å²) < 4.78 is 18.6. The predicted molar refractivity (Wildman–Crippen MR) is 68.4 cm³/mol.